The van der Waals surface area contributed by atoms with Gasteiger partial charge in [-0.3, -0.25) is 14.4 Å². The van der Waals surface area contributed by atoms with Gasteiger partial charge in [-0.2, -0.15) is 0 Å². The molecule has 138 valence electrons. The summed E-state index contributed by atoms with van der Waals surface area (Å²) in [6, 6.07) is 6.48. The largest absolute Gasteiger partial charge is 0.466 e. The molecule has 7 heteroatoms. The normalized spacial score (nSPS) is 15.2. The Balaban J connectivity index is 1.71. The summed E-state index contributed by atoms with van der Waals surface area (Å²) in [5, 5.41) is 1.05. The standard InChI is InChI=1S/C19H21ClN2O4/c1-2-26-19(25)13-5-8-21(9-6-13)18(24)12-22-10-7-17(23)15-4-3-14(20)11-16(15)22/h3-4,7,10-11,13H,2,5-6,8-9,12H2,1H3. The first kappa shape index (κ1) is 18.5. The van der Waals surface area contributed by atoms with E-state index < -0.39 is 0 Å². The Bertz CT molecular complexity index is 885. The Morgan fingerprint density at radius 2 is 1.96 bits per heavy atom. The average Bonchev–Trinajstić information content (AvgIpc) is 2.64. The van der Waals surface area contributed by atoms with Gasteiger partial charge < -0.3 is 14.2 Å². The molecule has 1 saturated heterocycles. The van der Waals surface area contributed by atoms with E-state index in [1.165, 1.54) is 6.07 Å². The highest BCUT2D eigenvalue weighted by Crippen LogP contribution is 2.20. The maximum Gasteiger partial charge on any atom is 0.309 e. The number of hydrogen-bond donors (Lipinski definition) is 0. The lowest BCUT2D eigenvalue weighted by atomic mass is 9.97. The molecule has 1 aromatic heterocycles. The molecule has 6 nitrogen and oxygen atoms in total. The smallest absolute Gasteiger partial charge is 0.309 e. The number of carbonyl (C=O) groups excluding carboxylic acids is 2. The van der Waals surface area contributed by atoms with Gasteiger partial charge in [0.25, 0.3) is 0 Å². The van der Waals surface area contributed by atoms with Crippen molar-refractivity contribution < 1.29 is 14.3 Å². The predicted octanol–water partition coefficient (Wildman–Crippen LogP) is 2.46. The fraction of sp³-hybridized carbons (Fsp3) is 0.421. The van der Waals surface area contributed by atoms with Crippen LogP contribution in [0.25, 0.3) is 10.9 Å². The minimum absolute atomic E-state index is 0.0442. The highest BCUT2D eigenvalue weighted by Gasteiger charge is 2.28. The van der Waals surface area contributed by atoms with Gasteiger partial charge >= 0.3 is 5.97 Å². The van der Waals surface area contributed by atoms with Crippen molar-refractivity contribution in [3.8, 4) is 0 Å². The number of amides is 1. The first-order valence-electron chi connectivity index (χ1n) is 8.72. The Labute approximate surface area is 156 Å². The molecule has 1 aliphatic rings. The van der Waals surface area contributed by atoms with Gasteiger partial charge in [0, 0.05) is 35.8 Å². The summed E-state index contributed by atoms with van der Waals surface area (Å²) in [5.74, 6) is -0.357. The monoisotopic (exact) mass is 376 g/mol. The first-order chi connectivity index (χ1) is 12.5. The van der Waals surface area contributed by atoms with E-state index in [4.69, 9.17) is 16.3 Å². The fourth-order valence-electron chi connectivity index (χ4n) is 3.29. The lowest BCUT2D eigenvalue weighted by Gasteiger charge is -2.31. The number of halogens is 1. The molecule has 0 unspecified atom stereocenters. The van der Waals surface area contributed by atoms with Gasteiger partial charge in [-0.25, -0.2) is 0 Å². The molecular formula is C19H21ClN2O4. The van der Waals surface area contributed by atoms with E-state index in [9.17, 15) is 14.4 Å². The molecule has 26 heavy (non-hydrogen) atoms. The minimum atomic E-state index is -0.180. The number of hydrogen-bond acceptors (Lipinski definition) is 4. The molecule has 0 radical (unpaired) electrons. The maximum absolute atomic E-state index is 12.7. The molecule has 1 amide bonds. The molecule has 0 bridgehead atoms. The number of likely N-dealkylation sites (tertiary alicyclic amines) is 1. The SMILES string of the molecule is CCOC(=O)C1CCN(C(=O)Cn2ccc(=O)c3ccc(Cl)cc32)CC1. The Morgan fingerprint density at radius 3 is 2.65 bits per heavy atom. The molecule has 2 heterocycles. The third-order valence-electron chi connectivity index (χ3n) is 4.71. The van der Waals surface area contributed by atoms with Crippen molar-refractivity contribution in [1.82, 2.24) is 9.47 Å². The van der Waals surface area contributed by atoms with E-state index in [0.29, 0.717) is 48.5 Å². The predicted molar refractivity (Wildman–Crippen MR) is 99.2 cm³/mol. The van der Waals surface area contributed by atoms with Crippen LogP contribution in [0.5, 0.6) is 0 Å². The van der Waals surface area contributed by atoms with Crippen molar-refractivity contribution in [3.05, 3.63) is 45.7 Å². The summed E-state index contributed by atoms with van der Waals surface area (Å²) in [4.78, 5) is 38.2. The van der Waals surface area contributed by atoms with Crippen molar-refractivity contribution in [2.75, 3.05) is 19.7 Å². The van der Waals surface area contributed by atoms with Gasteiger partial charge in [-0.05, 0) is 38.0 Å². The fourth-order valence-corrected chi connectivity index (χ4v) is 3.45. The second-order valence-electron chi connectivity index (χ2n) is 6.38. The third kappa shape index (κ3) is 3.90. The van der Waals surface area contributed by atoms with Crippen LogP contribution in [0.2, 0.25) is 5.02 Å². The van der Waals surface area contributed by atoms with E-state index >= 15 is 0 Å². The summed E-state index contributed by atoms with van der Waals surface area (Å²) in [6.07, 6.45) is 2.84. The van der Waals surface area contributed by atoms with Crippen LogP contribution in [-0.2, 0) is 20.9 Å². The van der Waals surface area contributed by atoms with Crippen molar-refractivity contribution in [2.24, 2.45) is 5.92 Å². The summed E-state index contributed by atoms with van der Waals surface area (Å²) < 4.78 is 6.79. The number of benzene rings is 1. The zero-order valence-electron chi connectivity index (χ0n) is 14.6. The molecule has 1 aliphatic heterocycles. The average molecular weight is 377 g/mol. The molecule has 0 saturated carbocycles. The van der Waals surface area contributed by atoms with E-state index in [1.54, 1.807) is 40.8 Å². The van der Waals surface area contributed by atoms with Gasteiger partial charge in [0.1, 0.15) is 6.54 Å². The van der Waals surface area contributed by atoms with Gasteiger partial charge in [-0.1, -0.05) is 11.6 Å². The number of pyridine rings is 1. The molecular weight excluding hydrogens is 356 g/mol. The van der Waals surface area contributed by atoms with E-state index in [2.05, 4.69) is 0 Å². The molecule has 0 atom stereocenters. The number of nitrogens with zero attached hydrogens (tertiary/aromatic N) is 2. The highest BCUT2D eigenvalue weighted by atomic mass is 35.5. The molecule has 3 rings (SSSR count). The Kier molecular flexibility index (Phi) is 5.61. The van der Waals surface area contributed by atoms with Crippen LogP contribution >= 0.6 is 11.6 Å². The molecule has 0 spiro atoms. The molecule has 1 aromatic carbocycles. The molecule has 0 aliphatic carbocycles. The lowest BCUT2D eigenvalue weighted by molar-refractivity contribution is -0.151. The number of aromatic nitrogens is 1. The zero-order chi connectivity index (χ0) is 18.7. The van der Waals surface area contributed by atoms with Crippen LogP contribution in [0.4, 0.5) is 0 Å². The van der Waals surface area contributed by atoms with Gasteiger partial charge in [0.05, 0.1) is 18.0 Å². The quantitative estimate of drug-likeness (QED) is 0.769. The van der Waals surface area contributed by atoms with E-state index in [1.807, 2.05) is 0 Å². The van der Waals surface area contributed by atoms with Crippen molar-refractivity contribution in [2.45, 2.75) is 26.3 Å². The van der Waals surface area contributed by atoms with Gasteiger partial charge in [0.15, 0.2) is 5.43 Å². The van der Waals surface area contributed by atoms with Crippen LogP contribution in [-0.4, -0.2) is 41.0 Å². The number of piperidine rings is 1. The summed E-state index contributed by atoms with van der Waals surface area (Å²) in [6.45, 7) is 3.35. The molecule has 0 N–H and O–H groups in total. The number of ether oxygens (including phenoxy) is 1. The number of rotatable bonds is 4. The Morgan fingerprint density at radius 1 is 1.23 bits per heavy atom. The second kappa shape index (κ2) is 7.91. The van der Waals surface area contributed by atoms with Crippen LogP contribution < -0.4 is 5.43 Å². The van der Waals surface area contributed by atoms with Gasteiger partial charge in [-0.15, -0.1) is 0 Å². The summed E-state index contributed by atoms with van der Waals surface area (Å²) in [7, 11) is 0. The topological polar surface area (TPSA) is 68.6 Å². The van der Waals surface area contributed by atoms with Crippen LogP contribution in [0.1, 0.15) is 19.8 Å². The highest BCUT2D eigenvalue weighted by molar-refractivity contribution is 6.31. The second-order valence-corrected chi connectivity index (χ2v) is 6.81. The minimum Gasteiger partial charge on any atom is -0.466 e. The van der Waals surface area contributed by atoms with Crippen molar-refractivity contribution in [1.29, 1.82) is 0 Å². The van der Waals surface area contributed by atoms with Crippen LogP contribution in [0, 0.1) is 5.92 Å². The van der Waals surface area contributed by atoms with Crippen LogP contribution in [0.15, 0.2) is 35.3 Å². The van der Waals surface area contributed by atoms with Crippen LogP contribution in [0.3, 0.4) is 0 Å². The number of esters is 1. The maximum atomic E-state index is 12.7. The third-order valence-corrected chi connectivity index (χ3v) is 4.95. The van der Waals surface area contributed by atoms with Crippen molar-refractivity contribution in [3.63, 3.8) is 0 Å². The number of fused-ring (bicyclic) bond motifs is 1. The van der Waals surface area contributed by atoms with Crippen molar-refractivity contribution >= 4 is 34.4 Å². The molecule has 2 aromatic rings. The summed E-state index contributed by atoms with van der Waals surface area (Å²) >= 11 is 6.05. The number of carbonyl (C=O) groups is 2. The lowest BCUT2D eigenvalue weighted by Crippen LogP contribution is -2.42. The van der Waals surface area contributed by atoms with E-state index in [-0.39, 0.29) is 29.8 Å². The zero-order valence-corrected chi connectivity index (χ0v) is 15.4. The first-order valence-corrected chi connectivity index (χ1v) is 9.10. The van der Waals surface area contributed by atoms with Gasteiger partial charge in [0.2, 0.25) is 5.91 Å². The van der Waals surface area contributed by atoms with E-state index in [0.717, 1.165) is 0 Å². The summed E-state index contributed by atoms with van der Waals surface area (Å²) in [5.41, 5.74) is 0.537. The Hall–Kier alpha value is -2.34. The molecule has 1 fully saturated rings.